The van der Waals surface area contributed by atoms with Crippen molar-refractivity contribution in [2.24, 2.45) is 0 Å². The third kappa shape index (κ3) is 6.93. The SMILES string of the molecule is O=C(NCc1cccc(F)c1)c1cnc(N2CCN(C3CCN(Cc4ccc([N+](=O)[O-])cc4)CC3)CC2)c(Cl)c1. The van der Waals surface area contributed by atoms with Crippen molar-refractivity contribution in [3.63, 3.8) is 0 Å². The number of nitro benzene ring substituents is 1. The molecule has 2 fully saturated rings. The van der Waals surface area contributed by atoms with Gasteiger partial charge in [-0.05, 0) is 55.3 Å². The van der Waals surface area contributed by atoms with Gasteiger partial charge < -0.3 is 10.2 Å². The maximum atomic E-state index is 13.4. The van der Waals surface area contributed by atoms with Crippen LogP contribution in [0.1, 0.15) is 34.3 Å². The van der Waals surface area contributed by atoms with Gasteiger partial charge in [-0.2, -0.15) is 0 Å². The predicted molar refractivity (Wildman–Crippen MR) is 152 cm³/mol. The summed E-state index contributed by atoms with van der Waals surface area (Å²) in [6, 6.07) is 15.1. The number of nitrogens with zero attached hydrogens (tertiary/aromatic N) is 5. The third-order valence-corrected chi connectivity index (χ3v) is 7.94. The summed E-state index contributed by atoms with van der Waals surface area (Å²) in [5.41, 5.74) is 2.26. The molecule has 0 radical (unpaired) electrons. The summed E-state index contributed by atoms with van der Waals surface area (Å²) in [7, 11) is 0. The van der Waals surface area contributed by atoms with Crippen LogP contribution in [-0.2, 0) is 13.1 Å². The van der Waals surface area contributed by atoms with E-state index in [1.54, 1.807) is 30.3 Å². The van der Waals surface area contributed by atoms with Crippen LogP contribution in [0.3, 0.4) is 0 Å². The largest absolute Gasteiger partial charge is 0.353 e. The number of aromatic nitrogens is 1. The number of carbonyl (C=O) groups excluding carboxylic acids is 1. The van der Waals surface area contributed by atoms with Gasteiger partial charge in [0, 0.05) is 63.6 Å². The molecule has 0 aliphatic carbocycles. The standard InChI is InChI=1S/C29H32ClFN6O3/c30-27-17-23(29(38)33-18-22-2-1-3-24(31)16-22)19-32-28(27)36-14-12-35(13-15-36)25-8-10-34(11-9-25)20-21-4-6-26(7-5-21)37(39)40/h1-7,16-17,19,25H,8-15,18,20H2,(H,33,38). The number of likely N-dealkylation sites (tertiary alicyclic amines) is 1. The van der Waals surface area contributed by atoms with Gasteiger partial charge >= 0.3 is 0 Å². The van der Waals surface area contributed by atoms with E-state index in [4.69, 9.17) is 11.6 Å². The molecule has 3 aromatic rings. The number of anilines is 1. The van der Waals surface area contributed by atoms with Gasteiger partial charge in [0.05, 0.1) is 15.5 Å². The minimum Gasteiger partial charge on any atom is -0.353 e. The highest BCUT2D eigenvalue weighted by atomic mass is 35.5. The molecule has 1 amide bonds. The number of rotatable bonds is 8. The molecule has 2 saturated heterocycles. The first-order valence-corrected chi connectivity index (χ1v) is 13.9. The molecule has 40 heavy (non-hydrogen) atoms. The Labute approximate surface area is 237 Å². The molecule has 1 N–H and O–H groups in total. The summed E-state index contributed by atoms with van der Waals surface area (Å²) in [5, 5.41) is 14.1. The lowest BCUT2D eigenvalue weighted by Crippen LogP contribution is -2.53. The molecule has 3 heterocycles. The van der Waals surface area contributed by atoms with Gasteiger partial charge in [-0.1, -0.05) is 35.9 Å². The maximum absolute atomic E-state index is 13.4. The van der Waals surface area contributed by atoms with Gasteiger partial charge in [0.2, 0.25) is 0 Å². The summed E-state index contributed by atoms with van der Waals surface area (Å²) in [5.74, 6) is 0.0296. The van der Waals surface area contributed by atoms with E-state index in [9.17, 15) is 19.3 Å². The van der Waals surface area contributed by atoms with Crippen molar-refractivity contribution in [2.45, 2.75) is 32.0 Å². The van der Waals surface area contributed by atoms with Crippen molar-refractivity contribution in [1.82, 2.24) is 20.1 Å². The zero-order valence-electron chi connectivity index (χ0n) is 22.1. The summed E-state index contributed by atoms with van der Waals surface area (Å²) in [4.78, 5) is 34.7. The molecule has 11 heteroatoms. The van der Waals surface area contributed by atoms with Crippen LogP contribution in [-0.4, -0.2) is 70.9 Å². The number of hydrogen-bond donors (Lipinski definition) is 1. The monoisotopic (exact) mass is 566 g/mol. The minimum absolute atomic E-state index is 0.122. The van der Waals surface area contributed by atoms with Gasteiger partial charge in [0.1, 0.15) is 11.6 Å². The van der Waals surface area contributed by atoms with Crippen LogP contribution in [0.5, 0.6) is 0 Å². The fraction of sp³-hybridized carbons (Fsp3) is 0.379. The van der Waals surface area contributed by atoms with Gasteiger partial charge in [-0.25, -0.2) is 9.37 Å². The predicted octanol–water partition coefficient (Wildman–Crippen LogP) is 4.50. The van der Waals surface area contributed by atoms with Gasteiger partial charge in [-0.15, -0.1) is 0 Å². The Morgan fingerprint density at radius 2 is 1.75 bits per heavy atom. The van der Waals surface area contributed by atoms with Crippen LogP contribution in [0.25, 0.3) is 0 Å². The Bertz CT molecular complexity index is 1340. The highest BCUT2D eigenvalue weighted by molar-refractivity contribution is 6.33. The quantitative estimate of drug-likeness (QED) is 0.317. The summed E-state index contributed by atoms with van der Waals surface area (Å²) in [6.45, 7) is 6.47. The minimum atomic E-state index is -0.369. The van der Waals surface area contributed by atoms with E-state index >= 15 is 0 Å². The van der Waals surface area contributed by atoms with Gasteiger partial charge in [0.25, 0.3) is 11.6 Å². The van der Waals surface area contributed by atoms with Crippen molar-refractivity contribution in [3.05, 3.63) is 98.4 Å². The lowest BCUT2D eigenvalue weighted by molar-refractivity contribution is -0.384. The van der Waals surface area contributed by atoms with E-state index in [1.165, 1.54) is 18.3 Å². The number of carbonyl (C=O) groups is 1. The molecule has 0 saturated carbocycles. The van der Waals surface area contributed by atoms with E-state index in [-0.39, 0.29) is 28.9 Å². The maximum Gasteiger partial charge on any atom is 0.269 e. The zero-order valence-corrected chi connectivity index (χ0v) is 22.9. The Morgan fingerprint density at radius 1 is 1.02 bits per heavy atom. The highest BCUT2D eigenvalue weighted by Crippen LogP contribution is 2.27. The number of hydrogen-bond acceptors (Lipinski definition) is 7. The number of benzene rings is 2. The van der Waals surface area contributed by atoms with Crippen molar-refractivity contribution in [3.8, 4) is 0 Å². The van der Waals surface area contributed by atoms with Crippen LogP contribution in [0.4, 0.5) is 15.9 Å². The molecular weight excluding hydrogens is 535 g/mol. The molecule has 2 aliphatic rings. The summed E-state index contributed by atoms with van der Waals surface area (Å²) in [6.07, 6.45) is 3.71. The number of non-ortho nitro benzene ring substituents is 1. The molecule has 210 valence electrons. The molecule has 2 aliphatic heterocycles. The number of halogens is 2. The molecule has 0 bridgehead atoms. The summed E-state index contributed by atoms with van der Waals surface area (Å²) >= 11 is 6.55. The number of nitro groups is 1. The first-order valence-electron chi connectivity index (χ1n) is 13.5. The van der Waals surface area contributed by atoms with E-state index in [0.29, 0.717) is 28.0 Å². The Morgan fingerprint density at radius 3 is 2.40 bits per heavy atom. The second-order valence-corrected chi connectivity index (χ2v) is 10.7. The molecule has 1 aromatic heterocycles. The number of piperidine rings is 1. The lowest BCUT2D eigenvalue weighted by atomic mass is 10.0. The molecule has 5 rings (SSSR count). The van der Waals surface area contributed by atoms with E-state index in [1.807, 2.05) is 12.1 Å². The number of piperazine rings is 1. The van der Waals surface area contributed by atoms with Crippen LogP contribution < -0.4 is 10.2 Å². The molecular formula is C29H32ClFN6O3. The molecule has 0 unspecified atom stereocenters. The van der Waals surface area contributed by atoms with Crippen LogP contribution >= 0.6 is 11.6 Å². The fourth-order valence-corrected chi connectivity index (χ4v) is 5.73. The van der Waals surface area contributed by atoms with Crippen LogP contribution in [0.2, 0.25) is 5.02 Å². The van der Waals surface area contributed by atoms with Crippen molar-refractivity contribution in [1.29, 1.82) is 0 Å². The highest BCUT2D eigenvalue weighted by Gasteiger charge is 2.28. The first kappa shape index (κ1) is 27.9. The summed E-state index contributed by atoms with van der Waals surface area (Å²) < 4.78 is 13.4. The topological polar surface area (TPSA) is 94.9 Å². The average Bonchev–Trinajstić information content (AvgIpc) is 2.97. The van der Waals surface area contributed by atoms with Gasteiger partial charge in [0.15, 0.2) is 0 Å². The third-order valence-electron chi connectivity index (χ3n) is 7.67. The number of pyridine rings is 1. The van der Waals surface area contributed by atoms with Gasteiger partial charge in [-0.3, -0.25) is 24.7 Å². The van der Waals surface area contributed by atoms with Crippen molar-refractivity contribution >= 4 is 29.0 Å². The normalized spacial score (nSPS) is 17.1. The van der Waals surface area contributed by atoms with Crippen LogP contribution in [0, 0.1) is 15.9 Å². The molecule has 0 spiro atoms. The van der Waals surface area contributed by atoms with Crippen molar-refractivity contribution in [2.75, 3.05) is 44.2 Å². The second-order valence-electron chi connectivity index (χ2n) is 10.3. The van der Waals surface area contributed by atoms with E-state index in [0.717, 1.165) is 64.2 Å². The smallest absolute Gasteiger partial charge is 0.269 e. The van der Waals surface area contributed by atoms with Crippen molar-refractivity contribution < 1.29 is 14.1 Å². The number of amides is 1. The molecule has 2 aromatic carbocycles. The van der Waals surface area contributed by atoms with E-state index < -0.39 is 0 Å². The second kappa shape index (κ2) is 12.7. The average molecular weight is 567 g/mol. The fourth-order valence-electron chi connectivity index (χ4n) is 5.44. The zero-order chi connectivity index (χ0) is 28.1. The molecule has 9 nitrogen and oxygen atoms in total. The Balaban J connectivity index is 1.07. The Kier molecular flexibility index (Phi) is 8.88. The first-order chi connectivity index (χ1) is 19.4. The van der Waals surface area contributed by atoms with Crippen LogP contribution in [0.15, 0.2) is 60.8 Å². The lowest BCUT2D eigenvalue weighted by Gasteiger charge is -2.43. The molecule has 0 atom stereocenters. The number of nitrogens with one attached hydrogen (secondary N) is 1. The van der Waals surface area contributed by atoms with E-state index in [2.05, 4.69) is 25.0 Å². The Hall–Kier alpha value is -3.60.